The van der Waals surface area contributed by atoms with Crippen LogP contribution in [0.25, 0.3) is 0 Å². The van der Waals surface area contributed by atoms with Crippen LogP contribution < -0.4 is 5.32 Å². The molecular formula is C15H29N3O3. The van der Waals surface area contributed by atoms with E-state index in [1.165, 1.54) is 0 Å². The molecule has 0 aromatic carbocycles. The molecule has 122 valence electrons. The Balaban J connectivity index is 2.41. The van der Waals surface area contributed by atoms with Gasteiger partial charge >= 0.3 is 6.09 Å². The van der Waals surface area contributed by atoms with E-state index in [2.05, 4.69) is 24.2 Å². The minimum Gasteiger partial charge on any atom is -0.444 e. The largest absolute Gasteiger partial charge is 0.444 e. The number of aliphatic hydroxyl groups is 1. The second kappa shape index (κ2) is 7.64. The van der Waals surface area contributed by atoms with E-state index in [0.717, 1.165) is 12.3 Å². The van der Waals surface area contributed by atoms with E-state index in [-0.39, 0.29) is 6.09 Å². The number of amides is 1. The molecule has 1 aliphatic heterocycles. The van der Waals surface area contributed by atoms with E-state index < -0.39 is 11.7 Å². The van der Waals surface area contributed by atoms with E-state index in [1.54, 1.807) is 4.90 Å². The molecule has 21 heavy (non-hydrogen) atoms. The summed E-state index contributed by atoms with van der Waals surface area (Å²) in [4.78, 5) is 18.0. The van der Waals surface area contributed by atoms with Gasteiger partial charge in [0.15, 0.2) is 0 Å². The van der Waals surface area contributed by atoms with Gasteiger partial charge in [-0.2, -0.15) is 0 Å². The summed E-state index contributed by atoms with van der Waals surface area (Å²) in [5.41, 5.74) is -0.493. The fourth-order valence-electron chi connectivity index (χ4n) is 2.07. The molecule has 1 rings (SSSR count). The number of aliphatic imine (C=N–C) groups is 1. The lowest BCUT2D eigenvalue weighted by molar-refractivity contribution is 0.0276. The van der Waals surface area contributed by atoms with Crippen LogP contribution in [0.3, 0.4) is 0 Å². The number of hydrogen-bond donors (Lipinski definition) is 2. The predicted molar refractivity (Wildman–Crippen MR) is 83.6 cm³/mol. The molecular weight excluding hydrogens is 270 g/mol. The van der Waals surface area contributed by atoms with Gasteiger partial charge in [-0.15, -0.1) is 0 Å². The van der Waals surface area contributed by atoms with Crippen molar-refractivity contribution in [1.82, 2.24) is 10.2 Å². The lowest BCUT2D eigenvalue weighted by Gasteiger charge is -2.30. The van der Waals surface area contributed by atoms with Gasteiger partial charge < -0.3 is 15.2 Å². The number of nitrogens with one attached hydrogen (secondary N) is 1. The number of rotatable bonds is 4. The van der Waals surface area contributed by atoms with E-state index in [9.17, 15) is 9.90 Å². The van der Waals surface area contributed by atoms with Gasteiger partial charge in [-0.1, -0.05) is 13.8 Å². The summed E-state index contributed by atoms with van der Waals surface area (Å²) in [6.07, 6.45) is 0.0276. The van der Waals surface area contributed by atoms with Crippen LogP contribution in [0.15, 0.2) is 4.99 Å². The van der Waals surface area contributed by atoms with Crippen LogP contribution in [0, 0.1) is 5.92 Å². The molecule has 0 aromatic heterocycles. The van der Waals surface area contributed by atoms with Gasteiger partial charge in [-0.3, -0.25) is 9.89 Å². The first kappa shape index (κ1) is 17.8. The first-order valence-electron chi connectivity index (χ1n) is 7.60. The highest BCUT2D eigenvalue weighted by atomic mass is 16.6. The van der Waals surface area contributed by atoms with E-state index in [4.69, 9.17) is 4.74 Å². The molecule has 6 nitrogen and oxygen atoms in total. The highest BCUT2D eigenvalue weighted by Gasteiger charge is 2.25. The van der Waals surface area contributed by atoms with Gasteiger partial charge in [0.25, 0.3) is 0 Å². The average molecular weight is 299 g/mol. The van der Waals surface area contributed by atoms with Crippen LogP contribution >= 0.6 is 0 Å². The summed E-state index contributed by atoms with van der Waals surface area (Å²) in [7, 11) is 0. The van der Waals surface area contributed by atoms with Crippen molar-refractivity contribution in [1.29, 1.82) is 0 Å². The summed E-state index contributed by atoms with van der Waals surface area (Å²) in [5, 5.41) is 13.0. The normalized spacial score (nSPS) is 17.5. The van der Waals surface area contributed by atoms with Crippen LogP contribution in [0.2, 0.25) is 0 Å². The number of ether oxygens (including phenoxy) is 1. The molecule has 0 saturated carbocycles. The zero-order valence-electron chi connectivity index (χ0n) is 13.8. The molecule has 0 spiro atoms. The third-order valence-corrected chi connectivity index (χ3v) is 2.95. The van der Waals surface area contributed by atoms with Gasteiger partial charge in [0, 0.05) is 13.1 Å². The Hall–Kier alpha value is -1.30. The molecule has 1 atom stereocenters. The zero-order chi connectivity index (χ0) is 16.0. The number of nitrogens with zero attached hydrogens (tertiary/aromatic N) is 2. The number of carbonyl (C=O) groups excluding carboxylic acids is 1. The molecule has 0 aliphatic carbocycles. The maximum Gasteiger partial charge on any atom is 0.410 e. The van der Waals surface area contributed by atoms with E-state index >= 15 is 0 Å². The smallest absolute Gasteiger partial charge is 0.410 e. The highest BCUT2D eigenvalue weighted by molar-refractivity contribution is 5.87. The standard InChI is InChI=1S/C15H29N3O3/c1-11(2)8-12(19)9-17-13-10-18(7-6-16-13)14(20)21-15(3,4)5/h11-12,19H,6-10H2,1-5H3,(H,16,17). The molecule has 2 N–H and O–H groups in total. The fraction of sp³-hybridized carbons (Fsp3) is 0.867. The second-order valence-corrected chi connectivity index (χ2v) is 6.89. The lowest BCUT2D eigenvalue weighted by Crippen LogP contribution is -2.48. The molecule has 1 heterocycles. The molecule has 0 aromatic rings. The Morgan fingerprint density at radius 3 is 2.71 bits per heavy atom. The van der Waals surface area contributed by atoms with Crippen molar-refractivity contribution in [2.24, 2.45) is 10.9 Å². The summed E-state index contributed by atoms with van der Waals surface area (Å²) in [6.45, 7) is 11.7. The number of carbonyl (C=O) groups is 1. The molecule has 1 unspecified atom stereocenters. The SMILES string of the molecule is CC(C)CC(O)CNC1=NCCN(C(=O)OC(C)(C)C)C1. The Kier molecular flexibility index (Phi) is 6.45. The van der Waals surface area contributed by atoms with Crippen molar-refractivity contribution in [3.63, 3.8) is 0 Å². The first-order valence-corrected chi connectivity index (χ1v) is 7.60. The van der Waals surface area contributed by atoms with Crippen LogP contribution in [-0.2, 0) is 4.74 Å². The monoisotopic (exact) mass is 299 g/mol. The van der Waals surface area contributed by atoms with Crippen LogP contribution in [0.1, 0.15) is 41.0 Å². The summed E-state index contributed by atoms with van der Waals surface area (Å²) in [5.74, 6) is 1.18. The minimum absolute atomic E-state index is 0.320. The van der Waals surface area contributed by atoms with Crippen molar-refractivity contribution < 1.29 is 14.6 Å². The van der Waals surface area contributed by atoms with Gasteiger partial charge in [0.05, 0.1) is 19.2 Å². The summed E-state index contributed by atoms with van der Waals surface area (Å²) in [6, 6.07) is 0. The van der Waals surface area contributed by atoms with Crippen LogP contribution in [-0.4, -0.2) is 59.8 Å². The third kappa shape index (κ3) is 7.32. The van der Waals surface area contributed by atoms with E-state index in [1.807, 2.05) is 20.8 Å². The molecule has 0 bridgehead atoms. The van der Waals surface area contributed by atoms with Crippen LogP contribution in [0.4, 0.5) is 4.79 Å². The molecule has 1 amide bonds. The number of hydrogen-bond acceptors (Lipinski definition) is 5. The van der Waals surface area contributed by atoms with Gasteiger partial charge in [0.2, 0.25) is 0 Å². The third-order valence-electron chi connectivity index (χ3n) is 2.95. The molecule has 6 heteroatoms. The van der Waals surface area contributed by atoms with Crippen molar-refractivity contribution in [2.45, 2.75) is 52.7 Å². The quantitative estimate of drug-likeness (QED) is 0.827. The number of amidine groups is 1. The Morgan fingerprint density at radius 1 is 1.48 bits per heavy atom. The predicted octanol–water partition coefficient (Wildman–Crippen LogP) is 1.63. The molecule has 0 radical (unpaired) electrons. The summed E-state index contributed by atoms with van der Waals surface area (Å²) >= 11 is 0. The van der Waals surface area contributed by atoms with Crippen molar-refractivity contribution in [2.75, 3.05) is 26.2 Å². The second-order valence-electron chi connectivity index (χ2n) is 6.89. The molecule has 1 aliphatic rings. The van der Waals surface area contributed by atoms with Crippen molar-refractivity contribution in [3.8, 4) is 0 Å². The van der Waals surface area contributed by atoms with Gasteiger partial charge in [-0.25, -0.2) is 4.79 Å². The first-order chi connectivity index (χ1) is 9.67. The Morgan fingerprint density at radius 2 is 2.14 bits per heavy atom. The zero-order valence-corrected chi connectivity index (χ0v) is 13.8. The average Bonchev–Trinajstić information content (AvgIpc) is 2.34. The molecule has 0 saturated heterocycles. The topological polar surface area (TPSA) is 74.2 Å². The van der Waals surface area contributed by atoms with Crippen molar-refractivity contribution in [3.05, 3.63) is 0 Å². The van der Waals surface area contributed by atoms with Crippen molar-refractivity contribution >= 4 is 11.9 Å². The van der Waals surface area contributed by atoms with E-state index in [0.29, 0.717) is 32.1 Å². The minimum atomic E-state index is -0.493. The number of aliphatic hydroxyl groups excluding tert-OH is 1. The molecule has 0 fully saturated rings. The van der Waals surface area contributed by atoms with Gasteiger partial charge in [-0.05, 0) is 33.1 Å². The van der Waals surface area contributed by atoms with Crippen LogP contribution in [0.5, 0.6) is 0 Å². The fourth-order valence-corrected chi connectivity index (χ4v) is 2.07. The Labute approximate surface area is 127 Å². The lowest BCUT2D eigenvalue weighted by atomic mass is 10.1. The summed E-state index contributed by atoms with van der Waals surface area (Å²) < 4.78 is 5.36. The maximum absolute atomic E-state index is 12.0. The Bertz CT molecular complexity index is 375. The maximum atomic E-state index is 12.0. The van der Waals surface area contributed by atoms with Gasteiger partial charge in [0.1, 0.15) is 11.4 Å². The highest BCUT2D eigenvalue weighted by Crippen LogP contribution is 2.11.